The highest BCUT2D eigenvalue weighted by atomic mass is 16.3. The second kappa shape index (κ2) is 3.88. The van der Waals surface area contributed by atoms with Crippen molar-refractivity contribution in [2.45, 2.75) is 32.8 Å². The monoisotopic (exact) mass is 179 g/mol. The summed E-state index contributed by atoms with van der Waals surface area (Å²) in [6.45, 7) is 6.00. The van der Waals surface area contributed by atoms with Crippen LogP contribution in [0.15, 0.2) is 24.4 Å². The van der Waals surface area contributed by atoms with Gasteiger partial charge in [0, 0.05) is 6.20 Å². The highest BCUT2D eigenvalue weighted by Gasteiger charge is 2.25. The molecular weight excluding hydrogens is 162 g/mol. The summed E-state index contributed by atoms with van der Waals surface area (Å²) in [6, 6.07) is 5.62. The number of hydrogen-bond acceptors (Lipinski definition) is 2. The Morgan fingerprint density at radius 3 is 2.62 bits per heavy atom. The largest absolute Gasteiger partial charge is 0.384 e. The van der Waals surface area contributed by atoms with Gasteiger partial charge in [0.25, 0.3) is 0 Å². The first-order chi connectivity index (χ1) is 6.02. The summed E-state index contributed by atoms with van der Waals surface area (Å²) in [5, 5.41) is 10.1. The molecule has 0 amide bonds. The molecule has 0 aromatic carbocycles. The smallest absolute Gasteiger partial charge is 0.104 e. The van der Waals surface area contributed by atoms with Gasteiger partial charge in [0.2, 0.25) is 0 Å². The van der Waals surface area contributed by atoms with Crippen LogP contribution >= 0.6 is 0 Å². The molecule has 2 nitrogen and oxygen atoms in total. The van der Waals surface area contributed by atoms with Crippen molar-refractivity contribution in [2.24, 2.45) is 5.92 Å². The summed E-state index contributed by atoms with van der Waals surface area (Å²) < 4.78 is 0. The van der Waals surface area contributed by atoms with Crippen LogP contribution in [-0.4, -0.2) is 10.1 Å². The second-order valence-electron chi connectivity index (χ2n) is 4.09. The van der Waals surface area contributed by atoms with Gasteiger partial charge in [-0.1, -0.05) is 19.9 Å². The van der Waals surface area contributed by atoms with E-state index >= 15 is 0 Å². The Morgan fingerprint density at radius 2 is 2.15 bits per heavy atom. The van der Waals surface area contributed by atoms with Crippen LogP contribution in [0.3, 0.4) is 0 Å². The van der Waals surface area contributed by atoms with Crippen molar-refractivity contribution < 1.29 is 5.11 Å². The summed E-state index contributed by atoms with van der Waals surface area (Å²) in [5.41, 5.74) is -0.0428. The zero-order chi connectivity index (χ0) is 9.90. The molecule has 1 rings (SSSR count). The molecule has 0 bridgehead atoms. The molecule has 0 aliphatic carbocycles. The summed E-state index contributed by atoms with van der Waals surface area (Å²) in [7, 11) is 0. The molecule has 0 unspecified atom stereocenters. The number of aromatic nitrogens is 1. The van der Waals surface area contributed by atoms with Crippen LogP contribution in [0.1, 0.15) is 32.9 Å². The lowest BCUT2D eigenvalue weighted by atomic mass is 9.91. The van der Waals surface area contributed by atoms with Crippen molar-refractivity contribution in [3.63, 3.8) is 0 Å². The Hall–Kier alpha value is -0.890. The van der Waals surface area contributed by atoms with E-state index in [0.717, 1.165) is 12.1 Å². The van der Waals surface area contributed by atoms with Crippen molar-refractivity contribution in [3.8, 4) is 0 Å². The second-order valence-corrected chi connectivity index (χ2v) is 4.09. The maximum Gasteiger partial charge on any atom is 0.104 e. The number of pyridine rings is 1. The van der Waals surface area contributed by atoms with Crippen LogP contribution < -0.4 is 0 Å². The first-order valence-corrected chi connectivity index (χ1v) is 4.66. The number of rotatable bonds is 3. The lowest BCUT2D eigenvalue weighted by molar-refractivity contribution is 0.0306. The van der Waals surface area contributed by atoms with Crippen molar-refractivity contribution in [1.29, 1.82) is 0 Å². The zero-order valence-electron chi connectivity index (χ0n) is 8.49. The van der Waals surface area contributed by atoms with Gasteiger partial charge in [-0.05, 0) is 31.4 Å². The molecule has 0 fully saturated rings. The van der Waals surface area contributed by atoms with E-state index in [9.17, 15) is 5.11 Å². The van der Waals surface area contributed by atoms with Crippen LogP contribution in [0.4, 0.5) is 0 Å². The van der Waals surface area contributed by atoms with E-state index in [2.05, 4.69) is 18.8 Å². The van der Waals surface area contributed by atoms with E-state index in [-0.39, 0.29) is 0 Å². The van der Waals surface area contributed by atoms with Gasteiger partial charge in [0.05, 0.1) is 5.69 Å². The average molecular weight is 179 g/mol. The van der Waals surface area contributed by atoms with E-state index in [1.54, 1.807) is 6.20 Å². The average Bonchev–Trinajstić information content (AvgIpc) is 2.04. The third kappa shape index (κ3) is 2.81. The van der Waals surface area contributed by atoms with Gasteiger partial charge in [-0.3, -0.25) is 4.98 Å². The van der Waals surface area contributed by atoms with Gasteiger partial charge in [-0.15, -0.1) is 0 Å². The SMILES string of the molecule is CC(C)C[C@](C)(O)c1ccccn1. The lowest BCUT2D eigenvalue weighted by Gasteiger charge is -2.24. The predicted molar refractivity (Wildman–Crippen MR) is 53.3 cm³/mol. The van der Waals surface area contributed by atoms with Gasteiger partial charge >= 0.3 is 0 Å². The fourth-order valence-corrected chi connectivity index (χ4v) is 1.58. The Kier molecular flexibility index (Phi) is 3.04. The third-order valence-electron chi connectivity index (χ3n) is 2.02. The van der Waals surface area contributed by atoms with Crippen molar-refractivity contribution in [3.05, 3.63) is 30.1 Å². The summed E-state index contributed by atoms with van der Waals surface area (Å²) in [6.07, 6.45) is 2.45. The molecule has 0 saturated carbocycles. The third-order valence-corrected chi connectivity index (χ3v) is 2.02. The molecule has 1 N–H and O–H groups in total. The maximum absolute atomic E-state index is 10.1. The van der Waals surface area contributed by atoms with Crippen molar-refractivity contribution in [1.82, 2.24) is 4.98 Å². The van der Waals surface area contributed by atoms with Gasteiger partial charge in [0.1, 0.15) is 5.60 Å². The molecule has 0 radical (unpaired) electrons. The molecule has 1 aromatic heterocycles. The molecule has 13 heavy (non-hydrogen) atoms. The molecule has 2 heteroatoms. The van der Waals surface area contributed by atoms with Gasteiger partial charge in [-0.25, -0.2) is 0 Å². The van der Waals surface area contributed by atoms with Gasteiger partial charge < -0.3 is 5.11 Å². The topological polar surface area (TPSA) is 33.1 Å². The van der Waals surface area contributed by atoms with Crippen LogP contribution in [0.25, 0.3) is 0 Å². The highest BCUT2D eigenvalue weighted by Crippen LogP contribution is 2.25. The molecule has 0 aliphatic rings. The molecule has 1 heterocycles. The van der Waals surface area contributed by atoms with E-state index in [1.165, 1.54) is 0 Å². The Morgan fingerprint density at radius 1 is 1.46 bits per heavy atom. The molecule has 0 spiro atoms. The molecule has 1 atom stereocenters. The van der Waals surface area contributed by atoms with E-state index < -0.39 is 5.60 Å². The first-order valence-electron chi connectivity index (χ1n) is 4.66. The van der Waals surface area contributed by atoms with Crippen LogP contribution in [-0.2, 0) is 5.60 Å². The minimum absolute atomic E-state index is 0.469. The number of hydrogen-bond donors (Lipinski definition) is 1. The maximum atomic E-state index is 10.1. The highest BCUT2D eigenvalue weighted by molar-refractivity contribution is 5.11. The standard InChI is InChI=1S/C11H17NO/c1-9(2)8-11(3,13)10-6-4-5-7-12-10/h4-7,9,13H,8H2,1-3H3/t11-/m0/s1. The van der Waals surface area contributed by atoms with E-state index in [4.69, 9.17) is 0 Å². The fourth-order valence-electron chi connectivity index (χ4n) is 1.58. The minimum atomic E-state index is -0.796. The Bertz CT molecular complexity index is 254. The first kappa shape index (κ1) is 10.2. The molecule has 1 aromatic rings. The normalized spacial score (nSPS) is 15.8. The number of aliphatic hydroxyl groups is 1. The van der Waals surface area contributed by atoms with Gasteiger partial charge in [0.15, 0.2) is 0 Å². The fraction of sp³-hybridized carbons (Fsp3) is 0.545. The predicted octanol–water partition coefficient (Wildman–Crippen LogP) is 2.34. The van der Waals surface area contributed by atoms with E-state index in [0.29, 0.717) is 5.92 Å². The van der Waals surface area contributed by atoms with Crippen LogP contribution in [0.5, 0.6) is 0 Å². The molecule has 0 saturated heterocycles. The Labute approximate surface area is 79.6 Å². The molecular formula is C11H17NO. The molecule has 0 aliphatic heterocycles. The molecule has 72 valence electrons. The van der Waals surface area contributed by atoms with Crippen LogP contribution in [0.2, 0.25) is 0 Å². The van der Waals surface area contributed by atoms with Crippen LogP contribution in [0, 0.1) is 5.92 Å². The van der Waals surface area contributed by atoms with Crippen molar-refractivity contribution >= 4 is 0 Å². The lowest BCUT2D eigenvalue weighted by Crippen LogP contribution is -2.24. The zero-order valence-corrected chi connectivity index (χ0v) is 8.49. The minimum Gasteiger partial charge on any atom is -0.384 e. The number of nitrogens with zero attached hydrogens (tertiary/aromatic N) is 1. The quantitative estimate of drug-likeness (QED) is 0.772. The summed E-state index contributed by atoms with van der Waals surface area (Å²) >= 11 is 0. The van der Waals surface area contributed by atoms with Gasteiger partial charge in [-0.2, -0.15) is 0 Å². The summed E-state index contributed by atoms with van der Waals surface area (Å²) in [5.74, 6) is 0.469. The van der Waals surface area contributed by atoms with E-state index in [1.807, 2.05) is 25.1 Å². The van der Waals surface area contributed by atoms with Crippen molar-refractivity contribution in [2.75, 3.05) is 0 Å². The Balaban J connectivity index is 2.81. The summed E-state index contributed by atoms with van der Waals surface area (Å²) in [4.78, 5) is 4.15.